The van der Waals surface area contributed by atoms with Gasteiger partial charge in [0, 0.05) is 20.9 Å². The molecule has 0 atom stereocenters. The molecule has 4 rings (SSSR count). The van der Waals surface area contributed by atoms with Crippen LogP contribution in [0.1, 0.15) is 26.6 Å². The lowest BCUT2D eigenvalue weighted by atomic mass is 10.1. The summed E-state index contributed by atoms with van der Waals surface area (Å²) in [6.07, 6.45) is 1.52. The van der Waals surface area contributed by atoms with E-state index in [2.05, 4.69) is 6.07 Å². The summed E-state index contributed by atoms with van der Waals surface area (Å²) in [7, 11) is 0. The zero-order chi connectivity index (χ0) is 18.3. The highest BCUT2D eigenvalue weighted by Crippen LogP contribution is 2.39. The van der Waals surface area contributed by atoms with Crippen molar-refractivity contribution in [1.29, 1.82) is 0 Å². The van der Waals surface area contributed by atoms with Crippen LogP contribution in [0.2, 0.25) is 0 Å². The van der Waals surface area contributed by atoms with Crippen LogP contribution in [0.15, 0.2) is 41.0 Å². The van der Waals surface area contributed by atoms with Crippen LogP contribution >= 0.6 is 11.3 Å². The average Bonchev–Trinajstić information content (AvgIpc) is 3.17. The van der Waals surface area contributed by atoms with Crippen molar-refractivity contribution in [3.05, 3.63) is 58.4 Å². The molecule has 0 saturated carbocycles. The van der Waals surface area contributed by atoms with E-state index < -0.39 is 0 Å². The average molecular weight is 369 g/mol. The largest absolute Gasteiger partial charge is 0.504 e. The third-order valence-electron chi connectivity index (χ3n) is 4.48. The Hall–Kier alpha value is -2.73. The molecule has 1 aliphatic rings. The number of hydrogen-bond donors (Lipinski definition) is 1. The van der Waals surface area contributed by atoms with Crippen molar-refractivity contribution in [1.82, 2.24) is 4.90 Å². The summed E-state index contributed by atoms with van der Waals surface area (Å²) in [6, 6.07) is 9.57. The molecule has 1 aromatic carbocycles. The molecule has 0 radical (unpaired) electrons. The zero-order valence-corrected chi connectivity index (χ0v) is 15.4. The second-order valence-corrected chi connectivity index (χ2v) is 7.69. The van der Waals surface area contributed by atoms with Gasteiger partial charge in [-0.3, -0.25) is 4.79 Å². The molecule has 134 valence electrons. The molecular formula is C20H19NO4S. The molecule has 1 N–H and O–H groups in total. The van der Waals surface area contributed by atoms with Crippen LogP contribution in [0.25, 0.3) is 10.4 Å². The van der Waals surface area contributed by atoms with Crippen LogP contribution in [0.4, 0.5) is 0 Å². The molecule has 3 aromatic rings. The summed E-state index contributed by atoms with van der Waals surface area (Å²) in [5, 5.41) is 10.4. The number of carbonyl (C=O) groups is 1. The first-order valence-corrected chi connectivity index (χ1v) is 9.23. The second kappa shape index (κ2) is 6.53. The van der Waals surface area contributed by atoms with Gasteiger partial charge in [0.2, 0.25) is 0 Å². The first-order valence-electron chi connectivity index (χ1n) is 8.42. The predicted octanol–water partition coefficient (Wildman–Crippen LogP) is 4.37. The maximum Gasteiger partial charge on any atom is 0.290 e. The molecule has 3 heterocycles. The summed E-state index contributed by atoms with van der Waals surface area (Å²) in [6.45, 7) is 5.01. The third kappa shape index (κ3) is 2.97. The predicted molar refractivity (Wildman–Crippen MR) is 99.8 cm³/mol. The Kier molecular flexibility index (Phi) is 4.20. The number of phenols is 1. The maximum absolute atomic E-state index is 12.8. The van der Waals surface area contributed by atoms with Crippen LogP contribution in [0, 0.1) is 13.8 Å². The van der Waals surface area contributed by atoms with Crippen molar-refractivity contribution in [2.24, 2.45) is 0 Å². The molecule has 1 aliphatic heterocycles. The van der Waals surface area contributed by atoms with Crippen molar-refractivity contribution >= 4 is 17.2 Å². The summed E-state index contributed by atoms with van der Waals surface area (Å²) >= 11 is 1.67. The Bertz CT molecular complexity index is 972. The smallest absolute Gasteiger partial charge is 0.290 e. The number of amides is 1. The van der Waals surface area contributed by atoms with Gasteiger partial charge in [0.25, 0.3) is 5.91 Å². The second-order valence-electron chi connectivity index (χ2n) is 6.40. The van der Waals surface area contributed by atoms with Gasteiger partial charge in [0.05, 0.1) is 19.4 Å². The molecule has 0 fully saturated rings. The minimum atomic E-state index is -0.166. The molecular weight excluding hydrogens is 350 g/mol. The number of aromatic hydroxyl groups is 1. The summed E-state index contributed by atoms with van der Waals surface area (Å²) < 4.78 is 11.1. The van der Waals surface area contributed by atoms with Gasteiger partial charge < -0.3 is 19.2 Å². The Morgan fingerprint density at radius 1 is 1.23 bits per heavy atom. The minimum Gasteiger partial charge on any atom is -0.504 e. The van der Waals surface area contributed by atoms with E-state index in [1.165, 1.54) is 11.1 Å². The molecule has 0 bridgehead atoms. The van der Waals surface area contributed by atoms with E-state index in [-0.39, 0.29) is 11.7 Å². The van der Waals surface area contributed by atoms with Gasteiger partial charge in [-0.25, -0.2) is 0 Å². The number of furan rings is 1. The number of fused-ring (bicyclic) bond motifs is 1. The standard InChI is InChI=1S/C20H19NO4S/c1-12-5-7-24-18(12)20(23)21-6-8-25-19-15(11-21)9-14(10-16(19)22)17-4-3-13(2)26-17/h3-5,7,9-10,22H,6,8,11H2,1-2H3. The molecule has 1 amide bonds. The summed E-state index contributed by atoms with van der Waals surface area (Å²) in [4.78, 5) is 16.8. The van der Waals surface area contributed by atoms with Crippen LogP contribution in [0.3, 0.4) is 0 Å². The molecule has 0 unspecified atom stereocenters. The molecule has 5 nitrogen and oxygen atoms in total. The van der Waals surface area contributed by atoms with Crippen molar-refractivity contribution in [3.8, 4) is 21.9 Å². The SMILES string of the molecule is Cc1ccc(-c2cc(O)c3c(c2)CN(C(=O)c2occc2C)CCO3)s1. The highest BCUT2D eigenvalue weighted by Gasteiger charge is 2.26. The van der Waals surface area contributed by atoms with E-state index in [4.69, 9.17) is 9.15 Å². The van der Waals surface area contributed by atoms with Gasteiger partial charge >= 0.3 is 0 Å². The van der Waals surface area contributed by atoms with Crippen molar-refractivity contribution in [2.75, 3.05) is 13.2 Å². The molecule has 6 heteroatoms. The number of nitrogens with zero attached hydrogens (tertiary/aromatic N) is 1. The van der Waals surface area contributed by atoms with Crippen LogP contribution in [0.5, 0.6) is 11.5 Å². The Morgan fingerprint density at radius 2 is 2.08 bits per heavy atom. The monoisotopic (exact) mass is 369 g/mol. The van der Waals surface area contributed by atoms with Gasteiger partial charge in [0.15, 0.2) is 17.3 Å². The number of aryl methyl sites for hydroxylation is 2. The number of carbonyl (C=O) groups excluding carboxylic acids is 1. The van der Waals surface area contributed by atoms with Gasteiger partial charge in [-0.1, -0.05) is 0 Å². The highest BCUT2D eigenvalue weighted by molar-refractivity contribution is 7.15. The van der Waals surface area contributed by atoms with Gasteiger partial charge in [-0.15, -0.1) is 11.3 Å². The normalized spacial score (nSPS) is 13.8. The van der Waals surface area contributed by atoms with Crippen LogP contribution in [-0.2, 0) is 6.54 Å². The van der Waals surface area contributed by atoms with E-state index >= 15 is 0 Å². The van der Waals surface area contributed by atoms with Crippen LogP contribution in [-0.4, -0.2) is 29.1 Å². The van der Waals surface area contributed by atoms with E-state index in [9.17, 15) is 9.90 Å². The number of benzene rings is 1. The fourth-order valence-electron chi connectivity index (χ4n) is 3.14. The molecule has 0 spiro atoms. The summed E-state index contributed by atoms with van der Waals surface area (Å²) in [5.41, 5.74) is 2.53. The van der Waals surface area contributed by atoms with Crippen LogP contribution < -0.4 is 4.74 Å². The first-order chi connectivity index (χ1) is 12.5. The number of phenolic OH excluding ortho intramolecular Hbond substituents is 1. The van der Waals surface area contributed by atoms with Crippen molar-refractivity contribution in [3.63, 3.8) is 0 Å². The van der Waals surface area contributed by atoms with Gasteiger partial charge in [-0.2, -0.15) is 0 Å². The Balaban J connectivity index is 1.70. The van der Waals surface area contributed by atoms with E-state index in [1.807, 2.05) is 26.0 Å². The van der Waals surface area contributed by atoms with Gasteiger partial charge in [-0.05, 0) is 49.7 Å². The number of ether oxygens (including phenoxy) is 1. The highest BCUT2D eigenvalue weighted by atomic mass is 32.1. The molecule has 2 aromatic heterocycles. The van der Waals surface area contributed by atoms with Crippen molar-refractivity contribution in [2.45, 2.75) is 20.4 Å². The van der Waals surface area contributed by atoms with Gasteiger partial charge in [0.1, 0.15) is 6.61 Å². The minimum absolute atomic E-state index is 0.104. The summed E-state index contributed by atoms with van der Waals surface area (Å²) in [5.74, 6) is 0.740. The molecule has 0 saturated heterocycles. The van der Waals surface area contributed by atoms with E-state index in [0.717, 1.165) is 21.6 Å². The topological polar surface area (TPSA) is 62.9 Å². The fourth-order valence-corrected chi connectivity index (χ4v) is 3.99. The molecule has 0 aliphatic carbocycles. The number of hydrogen-bond acceptors (Lipinski definition) is 5. The third-order valence-corrected chi connectivity index (χ3v) is 5.53. The Morgan fingerprint density at radius 3 is 2.77 bits per heavy atom. The number of rotatable bonds is 2. The van der Waals surface area contributed by atoms with E-state index in [0.29, 0.717) is 31.2 Å². The number of thiophene rings is 1. The first kappa shape index (κ1) is 16.7. The van der Waals surface area contributed by atoms with Crippen molar-refractivity contribution < 1.29 is 19.1 Å². The lowest BCUT2D eigenvalue weighted by Crippen LogP contribution is -2.32. The Labute approximate surface area is 155 Å². The lowest BCUT2D eigenvalue weighted by Gasteiger charge is -2.19. The zero-order valence-electron chi connectivity index (χ0n) is 14.6. The lowest BCUT2D eigenvalue weighted by molar-refractivity contribution is 0.0700. The molecule has 26 heavy (non-hydrogen) atoms. The van der Waals surface area contributed by atoms with E-state index in [1.54, 1.807) is 28.4 Å². The fraction of sp³-hybridized carbons (Fsp3) is 0.250. The quantitative estimate of drug-likeness (QED) is 0.729. The maximum atomic E-state index is 12.8.